The number of nitrogens with zero attached hydrogens (tertiary/aromatic N) is 2. The molecule has 4 heteroatoms. The average Bonchev–Trinajstić information content (AvgIpc) is 3.11. The molecule has 0 unspecified atom stereocenters. The molecule has 0 bridgehead atoms. The van der Waals surface area contributed by atoms with Gasteiger partial charge in [0, 0.05) is 24.4 Å². The largest absolute Gasteiger partial charge is 0.493 e. The van der Waals surface area contributed by atoms with Gasteiger partial charge in [-0.1, -0.05) is 18.2 Å². The molecule has 1 aromatic heterocycles. The smallest absolute Gasteiger partial charge is 0.213 e. The van der Waals surface area contributed by atoms with E-state index in [-0.39, 0.29) is 5.78 Å². The predicted octanol–water partition coefficient (Wildman–Crippen LogP) is 2.74. The fraction of sp³-hybridized carbons (Fsp3) is 0.176. The van der Waals surface area contributed by atoms with Gasteiger partial charge >= 0.3 is 0 Å². The highest BCUT2D eigenvalue weighted by Crippen LogP contribution is 2.28. The lowest BCUT2D eigenvalue weighted by Gasteiger charge is -2.02. The number of fused-ring (bicyclic) bond motifs is 2. The normalized spacial score (nSPS) is 13.2. The first kappa shape index (κ1) is 12.1. The minimum Gasteiger partial charge on any atom is -0.493 e. The van der Waals surface area contributed by atoms with Gasteiger partial charge in [-0.05, 0) is 29.8 Å². The van der Waals surface area contributed by atoms with Crippen molar-refractivity contribution in [3.63, 3.8) is 0 Å². The number of hydrogen-bond acceptors (Lipinski definition) is 3. The van der Waals surface area contributed by atoms with Gasteiger partial charge in [-0.25, -0.2) is 0 Å². The van der Waals surface area contributed by atoms with Gasteiger partial charge in [0.25, 0.3) is 0 Å². The number of benzene rings is 2. The number of aryl methyl sites for hydroxylation is 1. The van der Waals surface area contributed by atoms with Crippen LogP contribution in [0.5, 0.6) is 5.75 Å². The standard InChI is InChI=1S/C17H14N2O2/c1-19-14-5-3-2-4-13(14)16(18-19)17(20)12-6-7-15-11(10-12)8-9-21-15/h2-7,10H,8-9H2,1H3. The lowest BCUT2D eigenvalue weighted by molar-refractivity contribution is 0.103. The summed E-state index contributed by atoms with van der Waals surface area (Å²) >= 11 is 0. The second kappa shape index (κ2) is 4.45. The maximum absolute atomic E-state index is 12.8. The molecule has 0 atom stereocenters. The molecule has 21 heavy (non-hydrogen) atoms. The fourth-order valence-electron chi connectivity index (χ4n) is 2.85. The Balaban J connectivity index is 1.83. The highest BCUT2D eigenvalue weighted by atomic mass is 16.5. The molecule has 0 saturated carbocycles. The molecule has 1 aliphatic heterocycles. The Labute approximate surface area is 122 Å². The van der Waals surface area contributed by atoms with E-state index in [0.717, 1.165) is 28.6 Å². The zero-order valence-electron chi connectivity index (χ0n) is 11.7. The second-order valence-corrected chi connectivity index (χ2v) is 5.24. The summed E-state index contributed by atoms with van der Waals surface area (Å²) in [7, 11) is 1.86. The Bertz CT molecular complexity index is 864. The highest BCUT2D eigenvalue weighted by Gasteiger charge is 2.20. The summed E-state index contributed by atoms with van der Waals surface area (Å²) in [6, 6.07) is 13.4. The van der Waals surface area contributed by atoms with E-state index in [9.17, 15) is 4.79 Å². The maximum atomic E-state index is 12.8. The Morgan fingerprint density at radius 3 is 3.00 bits per heavy atom. The molecule has 3 aromatic rings. The van der Waals surface area contributed by atoms with Crippen LogP contribution in [0, 0.1) is 0 Å². The number of carbonyl (C=O) groups excluding carboxylic acids is 1. The maximum Gasteiger partial charge on any atom is 0.213 e. The molecule has 104 valence electrons. The van der Waals surface area contributed by atoms with Gasteiger partial charge in [0.15, 0.2) is 0 Å². The van der Waals surface area contributed by atoms with Crippen molar-refractivity contribution in [2.75, 3.05) is 6.61 Å². The zero-order chi connectivity index (χ0) is 14.4. The summed E-state index contributed by atoms with van der Waals surface area (Å²) in [5.74, 6) is 0.846. The number of aromatic nitrogens is 2. The molecule has 2 aromatic carbocycles. The first-order valence-corrected chi connectivity index (χ1v) is 6.96. The molecule has 0 aliphatic carbocycles. The van der Waals surface area contributed by atoms with E-state index >= 15 is 0 Å². The summed E-state index contributed by atoms with van der Waals surface area (Å²) in [6.45, 7) is 0.694. The molecule has 2 heterocycles. The third-order valence-corrected chi connectivity index (χ3v) is 3.92. The van der Waals surface area contributed by atoms with Crippen molar-refractivity contribution < 1.29 is 9.53 Å². The number of ether oxygens (including phenoxy) is 1. The molecule has 0 amide bonds. The van der Waals surface area contributed by atoms with Gasteiger partial charge in [0.05, 0.1) is 12.1 Å². The van der Waals surface area contributed by atoms with Crippen molar-refractivity contribution in [1.82, 2.24) is 9.78 Å². The number of ketones is 1. The number of hydrogen-bond donors (Lipinski definition) is 0. The van der Waals surface area contributed by atoms with Gasteiger partial charge in [-0.3, -0.25) is 9.48 Å². The van der Waals surface area contributed by atoms with Crippen LogP contribution in [0.15, 0.2) is 42.5 Å². The SMILES string of the molecule is Cn1nc(C(=O)c2ccc3c(c2)CCO3)c2ccccc21. The van der Waals surface area contributed by atoms with Gasteiger partial charge in [-0.2, -0.15) is 5.10 Å². The Morgan fingerprint density at radius 2 is 2.10 bits per heavy atom. The fourth-order valence-corrected chi connectivity index (χ4v) is 2.85. The highest BCUT2D eigenvalue weighted by molar-refractivity contribution is 6.15. The van der Waals surface area contributed by atoms with E-state index in [1.807, 2.05) is 49.5 Å². The monoisotopic (exact) mass is 278 g/mol. The Hall–Kier alpha value is -2.62. The van der Waals surface area contributed by atoms with Gasteiger partial charge in [0.1, 0.15) is 11.4 Å². The molecule has 0 fully saturated rings. The Kier molecular flexibility index (Phi) is 2.57. The molecule has 4 nitrogen and oxygen atoms in total. The van der Waals surface area contributed by atoms with Crippen LogP contribution in [0.25, 0.3) is 10.9 Å². The van der Waals surface area contributed by atoms with Crippen LogP contribution in [0.1, 0.15) is 21.6 Å². The quantitative estimate of drug-likeness (QED) is 0.677. The van der Waals surface area contributed by atoms with Crippen LogP contribution in [0.4, 0.5) is 0 Å². The summed E-state index contributed by atoms with van der Waals surface area (Å²) in [6.07, 6.45) is 0.861. The van der Waals surface area contributed by atoms with E-state index < -0.39 is 0 Å². The van der Waals surface area contributed by atoms with E-state index in [4.69, 9.17) is 4.74 Å². The van der Waals surface area contributed by atoms with Crippen LogP contribution in [0.3, 0.4) is 0 Å². The molecule has 0 N–H and O–H groups in total. The van der Waals surface area contributed by atoms with Crippen molar-refractivity contribution >= 4 is 16.7 Å². The Morgan fingerprint density at radius 1 is 1.24 bits per heavy atom. The molecule has 0 radical (unpaired) electrons. The summed E-state index contributed by atoms with van der Waals surface area (Å²) in [5, 5.41) is 5.29. The van der Waals surface area contributed by atoms with Crippen LogP contribution < -0.4 is 4.74 Å². The first-order chi connectivity index (χ1) is 10.2. The average molecular weight is 278 g/mol. The molecular formula is C17H14N2O2. The number of rotatable bonds is 2. The molecule has 0 saturated heterocycles. The third-order valence-electron chi connectivity index (χ3n) is 3.92. The van der Waals surface area contributed by atoms with E-state index in [1.165, 1.54) is 0 Å². The van der Waals surface area contributed by atoms with Crippen molar-refractivity contribution in [2.45, 2.75) is 6.42 Å². The molecule has 1 aliphatic rings. The first-order valence-electron chi connectivity index (χ1n) is 6.96. The van der Waals surface area contributed by atoms with Gasteiger partial charge < -0.3 is 4.74 Å². The van der Waals surface area contributed by atoms with E-state index in [0.29, 0.717) is 17.9 Å². The summed E-state index contributed by atoms with van der Waals surface area (Å²) in [4.78, 5) is 12.8. The number of carbonyl (C=O) groups is 1. The summed E-state index contributed by atoms with van der Waals surface area (Å²) < 4.78 is 7.23. The lowest BCUT2D eigenvalue weighted by Crippen LogP contribution is -2.04. The van der Waals surface area contributed by atoms with Gasteiger partial charge in [-0.15, -0.1) is 0 Å². The van der Waals surface area contributed by atoms with Crippen LogP contribution in [-0.4, -0.2) is 22.2 Å². The predicted molar refractivity (Wildman–Crippen MR) is 79.8 cm³/mol. The summed E-state index contributed by atoms with van der Waals surface area (Å²) in [5.41, 5.74) is 3.24. The second-order valence-electron chi connectivity index (χ2n) is 5.24. The van der Waals surface area contributed by atoms with Crippen molar-refractivity contribution in [3.8, 4) is 5.75 Å². The lowest BCUT2D eigenvalue weighted by atomic mass is 10.0. The topological polar surface area (TPSA) is 44.1 Å². The third kappa shape index (κ3) is 1.83. The minimum absolute atomic E-state index is 0.0403. The molecular weight excluding hydrogens is 264 g/mol. The molecule has 4 rings (SSSR count). The van der Waals surface area contributed by atoms with Crippen LogP contribution in [-0.2, 0) is 13.5 Å². The van der Waals surface area contributed by atoms with E-state index in [1.54, 1.807) is 4.68 Å². The number of para-hydroxylation sites is 1. The van der Waals surface area contributed by atoms with E-state index in [2.05, 4.69) is 5.10 Å². The van der Waals surface area contributed by atoms with Crippen molar-refractivity contribution in [2.24, 2.45) is 7.05 Å². The van der Waals surface area contributed by atoms with Crippen LogP contribution in [0.2, 0.25) is 0 Å². The van der Waals surface area contributed by atoms with Crippen LogP contribution >= 0.6 is 0 Å². The van der Waals surface area contributed by atoms with Gasteiger partial charge in [0.2, 0.25) is 5.78 Å². The zero-order valence-corrected chi connectivity index (χ0v) is 11.7. The van der Waals surface area contributed by atoms with Crippen molar-refractivity contribution in [1.29, 1.82) is 0 Å². The minimum atomic E-state index is -0.0403. The van der Waals surface area contributed by atoms with Crippen molar-refractivity contribution in [3.05, 3.63) is 59.3 Å². The molecule has 0 spiro atoms.